The molecule has 1 unspecified atom stereocenters. The zero-order chi connectivity index (χ0) is 14.9. The average Bonchev–Trinajstić information content (AvgIpc) is 3.16. The summed E-state index contributed by atoms with van der Waals surface area (Å²) in [7, 11) is 0. The maximum absolute atomic E-state index is 6.31. The molecule has 0 spiro atoms. The summed E-state index contributed by atoms with van der Waals surface area (Å²) < 4.78 is 7.78. The highest BCUT2D eigenvalue weighted by Gasteiger charge is 2.24. The van der Waals surface area contributed by atoms with E-state index in [2.05, 4.69) is 9.55 Å². The van der Waals surface area contributed by atoms with Crippen LogP contribution < -0.4 is 0 Å². The van der Waals surface area contributed by atoms with Gasteiger partial charge in [0.05, 0.1) is 12.6 Å². The number of ether oxygens (including phenoxy) is 1. The average molecular weight is 314 g/mol. The third-order valence-corrected chi connectivity index (χ3v) is 4.47. The predicted octanol–water partition coefficient (Wildman–Crippen LogP) is 3.64. The molecule has 0 saturated carbocycles. The van der Waals surface area contributed by atoms with Gasteiger partial charge in [-0.25, -0.2) is 9.97 Å². The van der Waals surface area contributed by atoms with Crippen LogP contribution in [0.2, 0.25) is 5.02 Å². The number of fused-ring (bicyclic) bond motifs is 1. The first kappa shape index (κ1) is 13.7. The Hall–Kier alpha value is -1.91. The summed E-state index contributed by atoms with van der Waals surface area (Å²) >= 11 is 6.31. The molecular weight excluding hydrogens is 298 g/mol. The Morgan fingerprint density at radius 1 is 1.23 bits per heavy atom. The Kier molecular flexibility index (Phi) is 3.56. The van der Waals surface area contributed by atoms with Crippen molar-refractivity contribution >= 4 is 22.8 Å². The fourth-order valence-corrected chi connectivity index (χ4v) is 3.23. The van der Waals surface area contributed by atoms with E-state index < -0.39 is 0 Å². The Bertz CT molecular complexity index is 809. The van der Waals surface area contributed by atoms with Crippen LogP contribution in [0.3, 0.4) is 0 Å². The highest BCUT2D eigenvalue weighted by atomic mass is 35.5. The molecule has 1 fully saturated rings. The largest absolute Gasteiger partial charge is 0.379 e. The third kappa shape index (κ3) is 2.38. The van der Waals surface area contributed by atoms with Crippen LogP contribution in [0, 0.1) is 0 Å². The fourth-order valence-electron chi connectivity index (χ4n) is 3.02. The zero-order valence-corrected chi connectivity index (χ0v) is 12.8. The van der Waals surface area contributed by atoms with Crippen molar-refractivity contribution in [2.45, 2.75) is 18.9 Å². The molecule has 5 heteroatoms. The van der Waals surface area contributed by atoms with Gasteiger partial charge in [0.25, 0.3) is 0 Å². The minimum Gasteiger partial charge on any atom is -0.379 e. The smallest absolute Gasteiger partial charge is 0.160 e. The minimum absolute atomic E-state index is 0.303. The number of benzene rings is 1. The first-order chi connectivity index (χ1) is 10.8. The normalized spacial score (nSPS) is 18.1. The minimum atomic E-state index is 0.303. The monoisotopic (exact) mass is 313 g/mol. The molecule has 4 rings (SSSR count). The summed E-state index contributed by atoms with van der Waals surface area (Å²) in [6.45, 7) is 1.51. The summed E-state index contributed by atoms with van der Waals surface area (Å²) in [5, 5.41) is 0.775. The van der Waals surface area contributed by atoms with E-state index in [0.29, 0.717) is 12.5 Å². The van der Waals surface area contributed by atoms with Crippen LogP contribution in [-0.2, 0) is 11.2 Å². The number of imidazole rings is 1. The van der Waals surface area contributed by atoms with Crippen LogP contribution in [0.15, 0.2) is 42.6 Å². The molecule has 0 amide bonds. The summed E-state index contributed by atoms with van der Waals surface area (Å²) in [6, 6.07) is 12.1. The molecule has 0 aliphatic carbocycles. The second kappa shape index (κ2) is 5.71. The van der Waals surface area contributed by atoms with Gasteiger partial charge in [0.1, 0.15) is 11.3 Å². The van der Waals surface area contributed by atoms with Crippen molar-refractivity contribution in [2.24, 2.45) is 0 Å². The lowest BCUT2D eigenvalue weighted by Crippen LogP contribution is -2.13. The Labute approximate surface area is 133 Å². The predicted molar refractivity (Wildman–Crippen MR) is 86.3 cm³/mol. The molecule has 3 aromatic rings. The molecule has 0 radical (unpaired) electrons. The maximum Gasteiger partial charge on any atom is 0.160 e. The van der Waals surface area contributed by atoms with Gasteiger partial charge in [-0.15, -0.1) is 0 Å². The van der Waals surface area contributed by atoms with Crippen LogP contribution >= 0.6 is 11.6 Å². The van der Waals surface area contributed by atoms with Crippen molar-refractivity contribution in [3.63, 3.8) is 0 Å². The van der Waals surface area contributed by atoms with Gasteiger partial charge in [-0.3, -0.25) is 0 Å². The molecule has 1 saturated heterocycles. The topological polar surface area (TPSA) is 39.9 Å². The number of hydrogen-bond acceptors (Lipinski definition) is 3. The summed E-state index contributed by atoms with van der Waals surface area (Å²) in [4.78, 5) is 9.30. The molecule has 0 bridgehead atoms. The van der Waals surface area contributed by atoms with Gasteiger partial charge in [-0.2, -0.15) is 0 Å². The van der Waals surface area contributed by atoms with Gasteiger partial charge >= 0.3 is 0 Å². The highest BCUT2D eigenvalue weighted by Crippen LogP contribution is 2.28. The highest BCUT2D eigenvalue weighted by molar-refractivity contribution is 6.31. The van der Waals surface area contributed by atoms with Crippen LogP contribution in [0.1, 0.15) is 23.9 Å². The zero-order valence-electron chi connectivity index (χ0n) is 12.1. The van der Waals surface area contributed by atoms with Gasteiger partial charge in [0, 0.05) is 24.2 Å². The number of halogens is 1. The lowest BCUT2D eigenvalue weighted by atomic mass is 10.1. The van der Waals surface area contributed by atoms with Crippen LogP contribution in [0.5, 0.6) is 0 Å². The molecule has 1 aliphatic heterocycles. The lowest BCUT2D eigenvalue weighted by molar-refractivity contribution is 0.186. The standard InChI is InChI=1S/C17H16ClN3O/c18-14-5-2-1-4-12(14)10-16-20-15-6-3-8-19-17(15)21(16)13-7-9-22-11-13/h1-6,8,13H,7,9-11H2. The molecule has 2 aromatic heterocycles. The van der Waals surface area contributed by atoms with E-state index in [1.54, 1.807) is 0 Å². The molecule has 112 valence electrons. The van der Waals surface area contributed by atoms with E-state index >= 15 is 0 Å². The van der Waals surface area contributed by atoms with E-state index in [4.69, 9.17) is 21.3 Å². The van der Waals surface area contributed by atoms with Crippen LogP contribution in [0.25, 0.3) is 11.2 Å². The van der Waals surface area contributed by atoms with Crippen molar-refractivity contribution in [3.05, 3.63) is 59.0 Å². The number of rotatable bonds is 3. The molecule has 1 atom stereocenters. The van der Waals surface area contributed by atoms with Gasteiger partial charge in [0.2, 0.25) is 0 Å². The first-order valence-corrected chi connectivity index (χ1v) is 7.84. The number of hydrogen-bond donors (Lipinski definition) is 0. The van der Waals surface area contributed by atoms with Gasteiger partial charge in [-0.05, 0) is 30.2 Å². The summed E-state index contributed by atoms with van der Waals surface area (Å²) in [5.74, 6) is 0.998. The molecule has 1 aromatic carbocycles. The molecule has 0 N–H and O–H groups in total. The van der Waals surface area contributed by atoms with E-state index in [1.165, 1.54) is 0 Å². The van der Waals surface area contributed by atoms with Gasteiger partial charge in [-0.1, -0.05) is 29.8 Å². The number of nitrogens with zero attached hydrogens (tertiary/aromatic N) is 3. The van der Waals surface area contributed by atoms with E-state index in [1.807, 2.05) is 42.6 Å². The van der Waals surface area contributed by atoms with Crippen molar-refractivity contribution in [3.8, 4) is 0 Å². The van der Waals surface area contributed by atoms with Crippen molar-refractivity contribution < 1.29 is 4.74 Å². The SMILES string of the molecule is Clc1ccccc1Cc1nc2cccnc2n1C1CCOC1. The number of pyridine rings is 1. The van der Waals surface area contributed by atoms with Crippen molar-refractivity contribution in [2.75, 3.05) is 13.2 Å². The molecule has 3 heterocycles. The fraction of sp³-hybridized carbons (Fsp3) is 0.294. The Morgan fingerprint density at radius 3 is 2.95 bits per heavy atom. The van der Waals surface area contributed by atoms with E-state index in [-0.39, 0.29) is 0 Å². The summed E-state index contributed by atoms with van der Waals surface area (Å²) in [5.41, 5.74) is 2.94. The number of aromatic nitrogens is 3. The van der Waals surface area contributed by atoms with Crippen LogP contribution in [-0.4, -0.2) is 27.7 Å². The first-order valence-electron chi connectivity index (χ1n) is 7.46. The van der Waals surface area contributed by atoms with Crippen molar-refractivity contribution in [1.29, 1.82) is 0 Å². The second-order valence-electron chi connectivity index (χ2n) is 5.53. The Balaban J connectivity index is 1.82. The van der Waals surface area contributed by atoms with Crippen molar-refractivity contribution in [1.82, 2.24) is 14.5 Å². The maximum atomic E-state index is 6.31. The Morgan fingerprint density at radius 2 is 2.14 bits per heavy atom. The molecule has 22 heavy (non-hydrogen) atoms. The van der Waals surface area contributed by atoms with Gasteiger partial charge in [0.15, 0.2) is 5.65 Å². The van der Waals surface area contributed by atoms with Gasteiger partial charge < -0.3 is 9.30 Å². The summed E-state index contributed by atoms with van der Waals surface area (Å²) in [6.07, 6.45) is 3.51. The lowest BCUT2D eigenvalue weighted by Gasteiger charge is -2.14. The molecule has 4 nitrogen and oxygen atoms in total. The molecule has 1 aliphatic rings. The molecular formula is C17H16ClN3O. The van der Waals surface area contributed by atoms with E-state index in [0.717, 1.165) is 47.2 Å². The third-order valence-electron chi connectivity index (χ3n) is 4.10. The quantitative estimate of drug-likeness (QED) is 0.741. The van der Waals surface area contributed by atoms with E-state index in [9.17, 15) is 0 Å². The second-order valence-corrected chi connectivity index (χ2v) is 5.94. The van der Waals surface area contributed by atoms with Crippen LogP contribution in [0.4, 0.5) is 0 Å².